The summed E-state index contributed by atoms with van der Waals surface area (Å²) in [6, 6.07) is 7.14. The standard InChI is InChI=1S/C17H17N3O4/c1-2-22-10-12-9-18-20-16(21)8-13(19-17(12)20)11-3-4-14-15(7-11)24-6-5-23-14/h3-4,7-9,19H,2,5-6,10H2,1H3. The van der Waals surface area contributed by atoms with Gasteiger partial charge in [-0.3, -0.25) is 4.79 Å². The van der Waals surface area contributed by atoms with Crippen LogP contribution >= 0.6 is 0 Å². The lowest BCUT2D eigenvalue weighted by molar-refractivity contribution is 0.135. The van der Waals surface area contributed by atoms with Gasteiger partial charge in [0.25, 0.3) is 5.56 Å². The molecule has 0 fully saturated rings. The number of nitrogens with one attached hydrogen (secondary N) is 1. The van der Waals surface area contributed by atoms with Crippen LogP contribution in [0.3, 0.4) is 0 Å². The smallest absolute Gasteiger partial charge is 0.274 e. The number of aromatic amines is 1. The molecule has 24 heavy (non-hydrogen) atoms. The van der Waals surface area contributed by atoms with Crippen LogP contribution in [0.25, 0.3) is 16.9 Å². The quantitative estimate of drug-likeness (QED) is 0.793. The number of hydrogen-bond donors (Lipinski definition) is 1. The molecule has 0 unspecified atom stereocenters. The van der Waals surface area contributed by atoms with Crippen LogP contribution in [0.2, 0.25) is 0 Å². The Bertz CT molecular complexity index is 945. The second-order valence-electron chi connectivity index (χ2n) is 5.45. The number of H-pyrrole nitrogens is 1. The summed E-state index contributed by atoms with van der Waals surface area (Å²) in [6.45, 7) is 4.00. The van der Waals surface area contributed by atoms with Crippen LogP contribution in [0.4, 0.5) is 0 Å². The highest BCUT2D eigenvalue weighted by Crippen LogP contribution is 2.33. The zero-order valence-corrected chi connectivity index (χ0v) is 13.2. The minimum Gasteiger partial charge on any atom is -0.486 e. The summed E-state index contributed by atoms with van der Waals surface area (Å²) >= 11 is 0. The summed E-state index contributed by atoms with van der Waals surface area (Å²) in [5.41, 5.74) is 2.83. The number of hydrogen-bond acceptors (Lipinski definition) is 5. The highest BCUT2D eigenvalue weighted by Gasteiger charge is 2.14. The minimum atomic E-state index is -0.198. The number of rotatable bonds is 4. The van der Waals surface area contributed by atoms with Crippen molar-refractivity contribution in [2.45, 2.75) is 13.5 Å². The molecule has 0 aliphatic carbocycles. The van der Waals surface area contributed by atoms with Crippen molar-refractivity contribution in [1.29, 1.82) is 0 Å². The molecule has 1 aliphatic heterocycles. The lowest BCUT2D eigenvalue weighted by atomic mass is 10.1. The molecule has 0 atom stereocenters. The Balaban J connectivity index is 1.80. The summed E-state index contributed by atoms with van der Waals surface area (Å²) in [5.74, 6) is 1.40. The predicted octanol–water partition coefficient (Wildman–Crippen LogP) is 2.00. The van der Waals surface area contributed by atoms with Gasteiger partial charge in [-0.05, 0) is 25.1 Å². The third-order valence-electron chi connectivity index (χ3n) is 3.89. The first-order chi connectivity index (χ1) is 11.8. The molecule has 3 heterocycles. The van der Waals surface area contributed by atoms with Crippen molar-refractivity contribution < 1.29 is 14.2 Å². The Morgan fingerprint density at radius 1 is 1.25 bits per heavy atom. The molecule has 4 rings (SSSR count). The highest BCUT2D eigenvalue weighted by atomic mass is 16.6. The summed E-state index contributed by atoms with van der Waals surface area (Å²) in [7, 11) is 0. The van der Waals surface area contributed by atoms with E-state index in [1.807, 2.05) is 25.1 Å². The van der Waals surface area contributed by atoms with E-state index in [2.05, 4.69) is 10.1 Å². The molecule has 124 valence electrons. The molecular weight excluding hydrogens is 310 g/mol. The monoisotopic (exact) mass is 327 g/mol. The Morgan fingerprint density at radius 3 is 2.92 bits per heavy atom. The zero-order valence-electron chi connectivity index (χ0n) is 13.2. The third-order valence-corrected chi connectivity index (χ3v) is 3.89. The first-order valence-electron chi connectivity index (χ1n) is 7.84. The van der Waals surface area contributed by atoms with Gasteiger partial charge in [0.15, 0.2) is 11.5 Å². The van der Waals surface area contributed by atoms with E-state index in [0.717, 1.165) is 16.9 Å². The molecule has 0 radical (unpaired) electrons. The second-order valence-corrected chi connectivity index (χ2v) is 5.45. The third kappa shape index (κ3) is 2.52. The zero-order chi connectivity index (χ0) is 16.5. The van der Waals surface area contributed by atoms with Gasteiger partial charge < -0.3 is 19.2 Å². The van der Waals surface area contributed by atoms with Gasteiger partial charge in [-0.15, -0.1) is 0 Å². The maximum Gasteiger partial charge on any atom is 0.274 e. The van der Waals surface area contributed by atoms with E-state index in [1.54, 1.807) is 6.20 Å². The summed E-state index contributed by atoms with van der Waals surface area (Å²) in [4.78, 5) is 15.6. The number of nitrogens with zero attached hydrogens (tertiary/aromatic N) is 2. The van der Waals surface area contributed by atoms with E-state index in [-0.39, 0.29) is 5.56 Å². The van der Waals surface area contributed by atoms with Crippen LogP contribution in [0.1, 0.15) is 12.5 Å². The first kappa shape index (κ1) is 14.8. The highest BCUT2D eigenvalue weighted by molar-refractivity contribution is 5.66. The molecule has 0 saturated heterocycles. The number of aromatic nitrogens is 3. The van der Waals surface area contributed by atoms with Gasteiger partial charge in [0.05, 0.1) is 18.5 Å². The fraction of sp³-hybridized carbons (Fsp3) is 0.294. The van der Waals surface area contributed by atoms with E-state index in [1.165, 1.54) is 10.6 Å². The fourth-order valence-corrected chi connectivity index (χ4v) is 2.71. The largest absolute Gasteiger partial charge is 0.486 e. The van der Waals surface area contributed by atoms with E-state index in [0.29, 0.717) is 43.5 Å². The molecule has 2 aromatic heterocycles. The van der Waals surface area contributed by atoms with E-state index >= 15 is 0 Å². The van der Waals surface area contributed by atoms with Gasteiger partial charge in [-0.1, -0.05) is 0 Å². The Hall–Kier alpha value is -2.80. The van der Waals surface area contributed by atoms with Crippen molar-refractivity contribution in [3.8, 4) is 22.8 Å². The molecule has 0 bridgehead atoms. The van der Waals surface area contributed by atoms with E-state index < -0.39 is 0 Å². The molecule has 1 N–H and O–H groups in total. The average molecular weight is 327 g/mol. The van der Waals surface area contributed by atoms with Gasteiger partial charge in [0.1, 0.15) is 18.9 Å². The number of fused-ring (bicyclic) bond motifs is 2. The molecule has 0 saturated carbocycles. The van der Waals surface area contributed by atoms with Gasteiger partial charge in [-0.2, -0.15) is 9.61 Å². The van der Waals surface area contributed by atoms with E-state index in [4.69, 9.17) is 14.2 Å². The summed E-state index contributed by atoms with van der Waals surface area (Å²) in [6.07, 6.45) is 1.65. The van der Waals surface area contributed by atoms with Crippen molar-refractivity contribution in [2.24, 2.45) is 0 Å². The van der Waals surface area contributed by atoms with Crippen LogP contribution < -0.4 is 15.0 Å². The van der Waals surface area contributed by atoms with Crippen molar-refractivity contribution in [3.05, 3.63) is 46.4 Å². The van der Waals surface area contributed by atoms with E-state index in [9.17, 15) is 4.79 Å². The minimum absolute atomic E-state index is 0.198. The Morgan fingerprint density at radius 2 is 2.08 bits per heavy atom. The Kier molecular flexibility index (Phi) is 3.70. The molecule has 1 aromatic carbocycles. The molecule has 3 aromatic rings. The molecular formula is C17H17N3O4. The van der Waals surface area contributed by atoms with Crippen molar-refractivity contribution in [1.82, 2.24) is 14.6 Å². The lowest BCUT2D eigenvalue weighted by Crippen LogP contribution is -2.16. The van der Waals surface area contributed by atoms with Crippen LogP contribution in [-0.2, 0) is 11.3 Å². The van der Waals surface area contributed by atoms with Gasteiger partial charge >= 0.3 is 0 Å². The van der Waals surface area contributed by atoms with Crippen LogP contribution in [0, 0.1) is 0 Å². The fourth-order valence-electron chi connectivity index (χ4n) is 2.71. The number of benzene rings is 1. The topological polar surface area (TPSA) is 77.8 Å². The molecule has 7 nitrogen and oxygen atoms in total. The normalized spacial score (nSPS) is 13.4. The summed E-state index contributed by atoms with van der Waals surface area (Å²) in [5, 5.41) is 4.12. The van der Waals surface area contributed by atoms with Gasteiger partial charge in [0.2, 0.25) is 0 Å². The maximum atomic E-state index is 12.3. The Labute approximate surface area is 137 Å². The van der Waals surface area contributed by atoms with Crippen molar-refractivity contribution in [3.63, 3.8) is 0 Å². The molecule has 0 amide bonds. The van der Waals surface area contributed by atoms with Crippen LogP contribution in [-0.4, -0.2) is 34.4 Å². The predicted molar refractivity (Wildman–Crippen MR) is 87.6 cm³/mol. The second kappa shape index (κ2) is 6.01. The van der Waals surface area contributed by atoms with Crippen molar-refractivity contribution in [2.75, 3.05) is 19.8 Å². The SMILES string of the molecule is CCOCc1cnn2c(=O)cc(-c3ccc4c(c3)OCCO4)[nH]c12. The maximum absolute atomic E-state index is 12.3. The summed E-state index contributed by atoms with van der Waals surface area (Å²) < 4.78 is 17.9. The van der Waals surface area contributed by atoms with Gasteiger partial charge in [-0.25, -0.2) is 0 Å². The van der Waals surface area contributed by atoms with Crippen LogP contribution in [0.15, 0.2) is 35.3 Å². The molecule has 0 spiro atoms. The van der Waals surface area contributed by atoms with Gasteiger partial charge in [0, 0.05) is 23.8 Å². The lowest BCUT2D eigenvalue weighted by Gasteiger charge is -2.18. The van der Waals surface area contributed by atoms with Crippen LogP contribution in [0.5, 0.6) is 11.5 Å². The van der Waals surface area contributed by atoms with Crippen molar-refractivity contribution >= 4 is 5.65 Å². The average Bonchev–Trinajstić information content (AvgIpc) is 3.03. The number of ether oxygens (including phenoxy) is 3. The molecule has 1 aliphatic rings. The first-order valence-corrected chi connectivity index (χ1v) is 7.84. The molecule has 7 heteroatoms.